The molecule has 0 amide bonds. The van der Waals surface area contributed by atoms with Gasteiger partial charge in [-0.2, -0.15) is 0 Å². The molecule has 0 aromatic rings. The molecule has 14 atom stereocenters. The maximum atomic E-state index is 10.7. The molecule has 256 valence electrons. The zero-order chi connectivity index (χ0) is 32.8. The van der Waals surface area contributed by atoms with E-state index in [1.807, 2.05) is 0 Å². The lowest BCUT2D eigenvalue weighted by molar-refractivity contribution is -0.329. The van der Waals surface area contributed by atoms with E-state index in [1.165, 1.54) is 25.7 Å². The van der Waals surface area contributed by atoms with Crippen LogP contribution in [0.4, 0.5) is 0 Å². The van der Waals surface area contributed by atoms with E-state index >= 15 is 0 Å². The predicted molar refractivity (Wildman–Crippen MR) is 171 cm³/mol. The van der Waals surface area contributed by atoms with Gasteiger partial charge in [0.2, 0.25) is 0 Å². The maximum Gasteiger partial charge on any atom is 0.186 e. The molecule has 6 rings (SSSR count). The van der Waals surface area contributed by atoms with E-state index in [0.717, 1.165) is 25.9 Å². The molecular formula is C37H60O8. The van der Waals surface area contributed by atoms with Crippen molar-refractivity contribution in [3.8, 4) is 0 Å². The molecule has 45 heavy (non-hydrogen) atoms. The number of methoxy groups -OCH3 is 1. The highest BCUT2D eigenvalue weighted by Gasteiger charge is 2.75. The van der Waals surface area contributed by atoms with Gasteiger partial charge >= 0.3 is 0 Å². The largest absolute Gasteiger partial charge is 0.394 e. The molecule has 0 aromatic carbocycles. The van der Waals surface area contributed by atoms with Gasteiger partial charge in [-0.3, -0.25) is 0 Å². The van der Waals surface area contributed by atoms with Gasteiger partial charge in [0, 0.05) is 23.9 Å². The summed E-state index contributed by atoms with van der Waals surface area (Å²) in [5.74, 6) is 2.12. The Balaban J connectivity index is 1.24. The normalized spacial score (nSPS) is 51.2. The van der Waals surface area contributed by atoms with E-state index in [4.69, 9.17) is 18.9 Å². The number of aliphatic hydroxyl groups excluding tert-OH is 4. The van der Waals surface area contributed by atoms with Crippen LogP contribution in [0.5, 0.6) is 0 Å². The van der Waals surface area contributed by atoms with E-state index in [9.17, 15) is 20.4 Å². The number of aliphatic hydroxyl groups is 4. The van der Waals surface area contributed by atoms with Crippen LogP contribution < -0.4 is 0 Å². The summed E-state index contributed by atoms with van der Waals surface area (Å²) in [6.45, 7) is 16.6. The summed E-state index contributed by atoms with van der Waals surface area (Å²) in [7, 11) is 1.77. The molecule has 2 saturated heterocycles. The van der Waals surface area contributed by atoms with E-state index in [1.54, 1.807) is 7.11 Å². The minimum absolute atomic E-state index is 0.0922. The Morgan fingerprint density at radius 2 is 1.71 bits per heavy atom. The van der Waals surface area contributed by atoms with Crippen LogP contribution in [-0.2, 0) is 18.9 Å². The van der Waals surface area contributed by atoms with Crippen molar-refractivity contribution in [3.05, 3.63) is 24.3 Å². The molecule has 6 aliphatic rings. The molecule has 14 unspecified atom stereocenters. The number of ether oxygens (including phenoxy) is 4. The highest BCUT2D eigenvalue weighted by Crippen LogP contribution is 2.77. The first kappa shape index (κ1) is 34.0. The number of hydrogen-bond acceptors (Lipinski definition) is 8. The third kappa shape index (κ3) is 4.74. The van der Waals surface area contributed by atoms with Crippen LogP contribution in [0.3, 0.4) is 0 Å². The SMILES string of the molecule is COC(C)(C)C=CCC(C)C1CCC2(C)C3C=CC45OCC3(CCC12C)C4CCC(OC1OC(CO)C(O)C(O)C1O)C5(C)C. The Labute approximate surface area is 270 Å². The third-order valence-electron chi connectivity index (χ3n) is 14.8. The summed E-state index contributed by atoms with van der Waals surface area (Å²) in [5, 5.41) is 41.1. The molecule has 5 fully saturated rings. The molecule has 0 radical (unpaired) electrons. The van der Waals surface area contributed by atoms with Gasteiger partial charge in [0.05, 0.1) is 30.5 Å². The van der Waals surface area contributed by atoms with Gasteiger partial charge in [0.1, 0.15) is 24.4 Å². The predicted octanol–water partition coefficient (Wildman–Crippen LogP) is 4.77. The van der Waals surface area contributed by atoms with Crippen molar-refractivity contribution in [1.29, 1.82) is 0 Å². The minimum Gasteiger partial charge on any atom is -0.394 e. The van der Waals surface area contributed by atoms with Gasteiger partial charge in [-0.05, 0) is 87.4 Å². The van der Waals surface area contributed by atoms with Crippen LogP contribution in [-0.4, -0.2) is 88.8 Å². The molecule has 8 nitrogen and oxygen atoms in total. The number of rotatable bonds is 8. The second-order valence-electron chi connectivity index (χ2n) is 17.2. The van der Waals surface area contributed by atoms with E-state index < -0.39 is 48.3 Å². The van der Waals surface area contributed by atoms with Crippen molar-refractivity contribution >= 4 is 0 Å². The smallest absolute Gasteiger partial charge is 0.186 e. The van der Waals surface area contributed by atoms with Crippen molar-refractivity contribution in [3.63, 3.8) is 0 Å². The summed E-state index contributed by atoms with van der Waals surface area (Å²) in [5.41, 5.74) is -0.609. The lowest BCUT2D eigenvalue weighted by Gasteiger charge is -2.65. The molecule has 4 N–H and O–H groups in total. The Bertz CT molecular complexity index is 1170. The molecule has 1 spiro atoms. The summed E-state index contributed by atoms with van der Waals surface area (Å²) in [6.07, 6.45) is 10.5. The first-order valence-electron chi connectivity index (χ1n) is 17.6. The second kappa shape index (κ2) is 11.4. The van der Waals surface area contributed by atoms with Crippen LogP contribution in [0.15, 0.2) is 24.3 Å². The average Bonchev–Trinajstić information content (AvgIpc) is 3.39. The van der Waals surface area contributed by atoms with E-state index in [-0.39, 0.29) is 27.9 Å². The van der Waals surface area contributed by atoms with Crippen molar-refractivity contribution in [1.82, 2.24) is 0 Å². The Morgan fingerprint density at radius 1 is 0.978 bits per heavy atom. The van der Waals surface area contributed by atoms with Gasteiger partial charge in [0.25, 0.3) is 0 Å². The van der Waals surface area contributed by atoms with Crippen LogP contribution >= 0.6 is 0 Å². The van der Waals surface area contributed by atoms with Gasteiger partial charge < -0.3 is 39.4 Å². The molecule has 2 aliphatic heterocycles. The monoisotopic (exact) mass is 632 g/mol. The standard InChI is InChI=1S/C37H60O8/c1-22(10-9-15-32(2,3)42-8)23-13-16-35(7)25-14-17-37-26(36(25,21-43-37)19-18-34(23,35)6)11-12-27(33(37,4)5)45-31-30(41)29(40)28(39)24(20-38)44-31/h9,14-15,17,22-31,38-41H,10-13,16,18-21H2,1-8H3. The molecule has 8 heteroatoms. The third-order valence-corrected chi connectivity index (χ3v) is 14.8. The van der Waals surface area contributed by atoms with Crippen LogP contribution in [0, 0.1) is 45.3 Å². The van der Waals surface area contributed by atoms with E-state index in [0.29, 0.717) is 23.7 Å². The molecular weight excluding hydrogens is 572 g/mol. The summed E-state index contributed by atoms with van der Waals surface area (Å²) in [6, 6.07) is 0. The Morgan fingerprint density at radius 3 is 2.40 bits per heavy atom. The second-order valence-corrected chi connectivity index (χ2v) is 17.2. The van der Waals surface area contributed by atoms with Crippen molar-refractivity contribution < 1.29 is 39.4 Å². The fourth-order valence-corrected chi connectivity index (χ4v) is 11.6. The summed E-state index contributed by atoms with van der Waals surface area (Å²) < 4.78 is 24.9. The molecule has 3 saturated carbocycles. The first-order chi connectivity index (χ1) is 21.0. The Kier molecular flexibility index (Phi) is 8.60. The molecule has 2 heterocycles. The molecule has 4 aliphatic carbocycles. The lowest BCUT2D eigenvalue weighted by Crippen LogP contribution is -2.66. The zero-order valence-corrected chi connectivity index (χ0v) is 28.9. The number of hydrogen-bond donors (Lipinski definition) is 4. The first-order valence-corrected chi connectivity index (χ1v) is 17.6. The zero-order valence-electron chi connectivity index (χ0n) is 28.9. The number of allylic oxidation sites excluding steroid dienone is 2. The van der Waals surface area contributed by atoms with Crippen molar-refractivity contribution in [2.24, 2.45) is 45.3 Å². The van der Waals surface area contributed by atoms with Gasteiger partial charge in [-0.15, -0.1) is 0 Å². The molecule has 2 bridgehead atoms. The van der Waals surface area contributed by atoms with Crippen LogP contribution in [0.25, 0.3) is 0 Å². The van der Waals surface area contributed by atoms with Crippen molar-refractivity contribution in [2.75, 3.05) is 20.3 Å². The van der Waals surface area contributed by atoms with Crippen LogP contribution in [0.2, 0.25) is 0 Å². The fraction of sp³-hybridized carbons (Fsp3) is 0.892. The van der Waals surface area contributed by atoms with Crippen LogP contribution in [0.1, 0.15) is 93.4 Å². The van der Waals surface area contributed by atoms with Gasteiger partial charge in [-0.25, -0.2) is 0 Å². The highest BCUT2D eigenvalue weighted by molar-refractivity contribution is 5.33. The quantitative estimate of drug-likeness (QED) is 0.283. The summed E-state index contributed by atoms with van der Waals surface area (Å²) in [4.78, 5) is 0. The van der Waals surface area contributed by atoms with Gasteiger partial charge in [-0.1, -0.05) is 58.9 Å². The fourth-order valence-electron chi connectivity index (χ4n) is 11.6. The highest BCUT2D eigenvalue weighted by atomic mass is 16.7. The van der Waals surface area contributed by atoms with E-state index in [2.05, 4.69) is 72.8 Å². The maximum absolute atomic E-state index is 10.7. The van der Waals surface area contributed by atoms with Gasteiger partial charge in [0.15, 0.2) is 6.29 Å². The molecule has 0 aromatic heterocycles. The summed E-state index contributed by atoms with van der Waals surface area (Å²) >= 11 is 0. The lowest BCUT2D eigenvalue weighted by atomic mass is 9.38. The number of fused-ring (bicyclic) bond motifs is 2. The minimum atomic E-state index is -1.46. The Hall–Kier alpha value is -0.840. The average molecular weight is 633 g/mol. The topological polar surface area (TPSA) is 118 Å². The van der Waals surface area contributed by atoms with Crippen molar-refractivity contribution in [2.45, 2.75) is 141 Å².